The molecule has 0 amide bonds. The monoisotopic (exact) mass is 227 g/mol. The number of nitrogens with one attached hydrogen (secondary N) is 1. The lowest BCUT2D eigenvalue weighted by Gasteiger charge is -1.98. The predicted molar refractivity (Wildman–Crippen MR) is 61.4 cm³/mol. The number of hydrogen-bond acceptors (Lipinski definition) is 5. The summed E-state index contributed by atoms with van der Waals surface area (Å²) in [6.07, 6.45) is 2.53. The maximum atomic E-state index is 5.47. The van der Waals surface area contributed by atoms with Gasteiger partial charge >= 0.3 is 0 Å². The summed E-state index contributed by atoms with van der Waals surface area (Å²) in [5.74, 6) is 1.37. The Morgan fingerprint density at radius 1 is 1.12 bits per heavy atom. The maximum absolute atomic E-state index is 5.47. The van der Waals surface area contributed by atoms with Crippen LogP contribution in [0, 0.1) is 0 Å². The molecule has 5 nitrogen and oxygen atoms in total. The first-order chi connectivity index (χ1) is 7.86. The summed E-state index contributed by atoms with van der Waals surface area (Å²) in [6, 6.07) is 0. The molecule has 0 unspecified atom stereocenters. The molecule has 0 aliphatic rings. The van der Waals surface area contributed by atoms with Crippen LogP contribution < -0.4 is 5.32 Å². The minimum Gasteiger partial charge on any atom is -0.425 e. The van der Waals surface area contributed by atoms with Gasteiger partial charge in [-0.05, 0) is 13.0 Å². The van der Waals surface area contributed by atoms with E-state index in [0.29, 0.717) is 24.8 Å². The molecule has 0 atom stereocenters. The van der Waals surface area contributed by atoms with Gasteiger partial charge in [0.25, 0.3) is 0 Å². The zero-order chi connectivity index (χ0) is 11.6. The molecule has 16 heavy (non-hydrogen) atoms. The van der Waals surface area contributed by atoms with Crippen molar-refractivity contribution in [2.75, 3.05) is 26.3 Å². The third-order valence-electron chi connectivity index (χ3n) is 2.08. The Morgan fingerprint density at radius 3 is 2.56 bits per heavy atom. The topological polar surface area (TPSA) is 60.2 Å². The SMILES string of the molecule is CCCOCCc1nnc(CCNCC)o1. The van der Waals surface area contributed by atoms with E-state index in [-0.39, 0.29) is 0 Å². The summed E-state index contributed by atoms with van der Waals surface area (Å²) in [5.41, 5.74) is 0. The summed E-state index contributed by atoms with van der Waals surface area (Å²) in [5, 5.41) is 11.2. The van der Waals surface area contributed by atoms with Crippen molar-refractivity contribution in [2.45, 2.75) is 33.1 Å². The van der Waals surface area contributed by atoms with Crippen LogP contribution in [0.3, 0.4) is 0 Å². The molecule has 1 N–H and O–H groups in total. The van der Waals surface area contributed by atoms with Crippen LogP contribution in [0.1, 0.15) is 32.0 Å². The van der Waals surface area contributed by atoms with Crippen molar-refractivity contribution in [3.63, 3.8) is 0 Å². The largest absolute Gasteiger partial charge is 0.425 e. The number of ether oxygens (including phenoxy) is 1. The molecule has 0 fully saturated rings. The quantitative estimate of drug-likeness (QED) is 0.642. The van der Waals surface area contributed by atoms with E-state index in [1.807, 2.05) is 0 Å². The van der Waals surface area contributed by atoms with E-state index in [2.05, 4.69) is 29.4 Å². The van der Waals surface area contributed by atoms with Gasteiger partial charge < -0.3 is 14.5 Å². The molecule has 92 valence electrons. The summed E-state index contributed by atoms with van der Waals surface area (Å²) in [7, 11) is 0. The van der Waals surface area contributed by atoms with Gasteiger partial charge in [-0.2, -0.15) is 0 Å². The van der Waals surface area contributed by atoms with Crippen LogP contribution in [0.2, 0.25) is 0 Å². The lowest BCUT2D eigenvalue weighted by atomic mass is 10.4. The molecule has 5 heteroatoms. The fraction of sp³-hybridized carbons (Fsp3) is 0.818. The number of aromatic nitrogens is 2. The summed E-state index contributed by atoms with van der Waals surface area (Å²) in [4.78, 5) is 0. The third kappa shape index (κ3) is 5.23. The van der Waals surface area contributed by atoms with Crippen LogP contribution in [-0.4, -0.2) is 36.5 Å². The molecule has 0 aromatic carbocycles. The molecule has 0 radical (unpaired) electrons. The minimum atomic E-state index is 0.655. The lowest BCUT2D eigenvalue weighted by molar-refractivity contribution is 0.133. The molecular weight excluding hydrogens is 206 g/mol. The average Bonchev–Trinajstić information content (AvgIpc) is 2.73. The van der Waals surface area contributed by atoms with E-state index < -0.39 is 0 Å². The number of likely N-dealkylation sites (N-methyl/N-ethyl adjacent to an activating group) is 1. The fourth-order valence-corrected chi connectivity index (χ4v) is 1.27. The molecule has 0 spiro atoms. The highest BCUT2D eigenvalue weighted by atomic mass is 16.5. The van der Waals surface area contributed by atoms with E-state index in [1.165, 1.54) is 0 Å². The second kappa shape index (κ2) is 8.24. The second-order valence-corrected chi connectivity index (χ2v) is 3.56. The van der Waals surface area contributed by atoms with E-state index in [9.17, 15) is 0 Å². The molecule has 1 aromatic heterocycles. The first-order valence-corrected chi connectivity index (χ1v) is 5.96. The Morgan fingerprint density at radius 2 is 1.88 bits per heavy atom. The summed E-state index contributed by atoms with van der Waals surface area (Å²) in [6.45, 7) is 7.45. The molecule has 1 rings (SSSR count). The maximum Gasteiger partial charge on any atom is 0.218 e. The van der Waals surface area contributed by atoms with Crippen molar-refractivity contribution in [1.29, 1.82) is 0 Å². The van der Waals surface area contributed by atoms with Crippen LogP contribution in [0.4, 0.5) is 0 Å². The van der Waals surface area contributed by atoms with Gasteiger partial charge in [-0.25, -0.2) is 0 Å². The zero-order valence-electron chi connectivity index (χ0n) is 10.2. The molecule has 0 bridgehead atoms. The summed E-state index contributed by atoms with van der Waals surface area (Å²) >= 11 is 0. The highest BCUT2D eigenvalue weighted by Crippen LogP contribution is 2.01. The van der Waals surface area contributed by atoms with Gasteiger partial charge in [-0.15, -0.1) is 10.2 Å². The van der Waals surface area contributed by atoms with Crippen LogP contribution in [0.25, 0.3) is 0 Å². The van der Waals surface area contributed by atoms with Crippen LogP contribution >= 0.6 is 0 Å². The molecular formula is C11H21N3O2. The standard InChI is InChI=1S/C11H21N3O2/c1-3-8-15-9-6-11-14-13-10(16-11)5-7-12-4-2/h12H,3-9H2,1-2H3. The number of rotatable bonds is 9. The Hall–Kier alpha value is -0.940. The Bertz CT molecular complexity index is 276. The molecule has 1 heterocycles. The Kier molecular flexibility index (Phi) is 6.76. The predicted octanol–water partition coefficient (Wildman–Crippen LogP) is 1.19. The van der Waals surface area contributed by atoms with Crippen molar-refractivity contribution in [3.05, 3.63) is 11.8 Å². The smallest absolute Gasteiger partial charge is 0.218 e. The van der Waals surface area contributed by atoms with E-state index in [1.54, 1.807) is 0 Å². The van der Waals surface area contributed by atoms with Crippen LogP contribution in [0.15, 0.2) is 4.42 Å². The highest BCUT2D eigenvalue weighted by Gasteiger charge is 2.05. The molecule has 0 saturated heterocycles. The van der Waals surface area contributed by atoms with Gasteiger partial charge in [0.15, 0.2) is 0 Å². The van der Waals surface area contributed by atoms with Crippen LogP contribution in [-0.2, 0) is 17.6 Å². The van der Waals surface area contributed by atoms with Gasteiger partial charge in [0, 0.05) is 26.0 Å². The Balaban J connectivity index is 2.17. The van der Waals surface area contributed by atoms with E-state index in [0.717, 1.165) is 32.5 Å². The second-order valence-electron chi connectivity index (χ2n) is 3.56. The molecule has 0 aliphatic heterocycles. The number of nitrogens with zero attached hydrogens (tertiary/aromatic N) is 2. The molecule has 1 aromatic rings. The first-order valence-electron chi connectivity index (χ1n) is 5.96. The number of hydrogen-bond donors (Lipinski definition) is 1. The minimum absolute atomic E-state index is 0.655. The third-order valence-corrected chi connectivity index (χ3v) is 2.08. The van der Waals surface area contributed by atoms with Crippen molar-refractivity contribution in [2.24, 2.45) is 0 Å². The van der Waals surface area contributed by atoms with Crippen molar-refractivity contribution in [3.8, 4) is 0 Å². The average molecular weight is 227 g/mol. The Labute approximate surface area is 96.6 Å². The van der Waals surface area contributed by atoms with Gasteiger partial charge in [-0.3, -0.25) is 0 Å². The zero-order valence-corrected chi connectivity index (χ0v) is 10.2. The van der Waals surface area contributed by atoms with E-state index in [4.69, 9.17) is 9.15 Å². The fourth-order valence-electron chi connectivity index (χ4n) is 1.27. The normalized spacial score (nSPS) is 10.9. The first kappa shape index (κ1) is 13.1. The lowest BCUT2D eigenvalue weighted by Crippen LogP contribution is -2.16. The van der Waals surface area contributed by atoms with Gasteiger partial charge in [0.1, 0.15) is 0 Å². The van der Waals surface area contributed by atoms with Gasteiger partial charge in [0.2, 0.25) is 11.8 Å². The van der Waals surface area contributed by atoms with Crippen molar-refractivity contribution >= 4 is 0 Å². The molecule has 0 aliphatic carbocycles. The van der Waals surface area contributed by atoms with Crippen LogP contribution in [0.5, 0.6) is 0 Å². The van der Waals surface area contributed by atoms with Gasteiger partial charge in [-0.1, -0.05) is 13.8 Å². The molecule has 0 saturated carbocycles. The van der Waals surface area contributed by atoms with Crippen molar-refractivity contribution in [1.82, 2.24) is 15.5 Å². The highest BCUT2D eigenvalue weighted by molar-refractivity contribution is 4.82. The van der Waals surface area contributed by atoms with Gasteiger partial charge in [0.05, 0.1) is 6.61 Å². The summed E-state index contributed by atoms with van der Waals surface area (Å²) < 4.78 is 10.8. The van der Waals surface area contributed by atoms with Crippen molar-refractivity contribution < 1.29 is 9.15 Å². The van der Waals surface area contributed by atoms with E-state index >= 15 is 0 Å².